The Morgan fingerprint density at radius 3 is 2.44 bits per heavy atom. The lowest BCUT2D eigenvalue weighted by Gasteiger charge is -2.17. The number of hydrogen-bond donors (Lipinski definition) is 1. The first kappa shape index (κ1) is 13.9. The van der Waals surface area contributed by atoms with E-state index < -0.39 is 0 Å². The maximum Gasteiger partial charge on any atom is 0.0542 e. The van der Waals surface area contributed by atoms with Gasteiger partial charge in [-0.05, 0) is 23.8 Å². The minimum Gasteiger partial charge on any atom is -0.329 e. The van der Waals surface area contributed by atoms with Crippen molar-refractivity contribution >= 4 is 39.3 Å². The van der Waals surface area contributed by atoms with Crippen molar-refractivity contribution in [1.29, 1.82) is 0 Å². The first-order valence-corrected chi connectivity index (χ1v) is 7.63. The molecule has 2 aromatic rings. The summed E-state index contributed by atoms with van der Waals surface area (Å²) in [6.07, 6.45) is 0. The first-order chi connectivity index (χ1) is 8.72. The molecule has 0 heterocycles. The Balaban J connectivity index is 2.26. The van der Waals surface area contributed by atoms with Crippen LogP contribution < -0.4 is 5.73 Å². The lowest BCUT2D eigenvalue weighted by Crippen LogP contribution is -2.09. The molecule has 18 heavy (non-hydrogen) atoms. The van der Waals surface area contributed by atoms with E-state index in [1.165, 1.54) is 5.56 Å². The number of thioether (sulfide) groups is 1. The van der Waals surface area contributed by atoms with Gasteiger partial charge in [-0.15, -0.1) is 11.8 Å². The number of nitrogens with two attached hydrogens (primary N) is 1. The molecule has 0 aliphatic rings. The van der Waals surface area contributed by atoms with E-state index in [1.54, 1.807) is 11.8 Å². The Morgan fingerprint density at radius 2 is 1.78 bits per heavy atom. The van der Waals surface area contributed by atoms with Crippen molar-refractivity contribution in [3.63, 3.8) is 0 Å². The summed E-state index contributed by atoms with van der Waals surface area (Å²) in [4.78, 5) is 1.06. The summed E-state index contributed by atoms with van der Waals surface area (Å²) in [5.74, 6) is 0. The molecule has 0 spiro atoms. The minimum atomic E-state index is 0.195. The van der Waals surface area contributed by atoms with Gasteiger partial charge < -0.3 is 5.73 Å². The third-order valence-electron chi connectivity index (χ3n) is 2.57. The molecule has 4 heteroatoms. The SMILES string of the molecule is NCC(Sc1ccccc1Cl)c1ccccc1Br. The van der Waals surface area contributed by atoms with E-state index >= 15 is 0 Å². The second-order valence-corrected chi connectivity index (χ2v) is 6.30. The van der Waals surface area contributed by atoms with Gasteiger partial charge in [0.1, 0.15) is 0 Å². The molecule has 0 radical (unpaired) electrons. The molecule has 94 valence electrons. The fourth-order valence-electron chi connectivity index (χ4n) is 1.67. The van der Waals surface area contributed by atoms with E-state index in [0.29, 0.717) is 6.54 Å². The molecule has 0 amide bonds. The van der Waals surface area contributed by atoms with Gasteiger partial charge >= 0.3 is 0 Å². The molecule has 0 fully saturated rings. The lowest BCUT2D eigenvalue weighted by atomic mass is 10.1. The molecule has 0 saturated carbocycles. The third kappa shape index (κ3) is 3.29. The van der Waals surface area contributed by atoms with Crippen LogP contribution in [0.15, 0.2) is 57.9 Å². The van der Waals surface area contributed by atoms with Crippen molar-refractivity contribution in [2.45, 2.75) is 10.1 Å². The van der Waals surface area contributed by atoms with Gasteiger partial charge in [0.05, 0.1) is 5.02 Å². The number of halogens is 2. The molecular formula is C14H13BrClNS. The molecule has 1 atom stereocenters. The summed E-state index contributed by atoms with van der Waals surface area (Å²) in [6.45, 7) is 0.568. The Morgan fingerprint density at radius 1 is 1.11 bits per heavy atom. The van der Waals surface area contributed by atoms with Crippen LogP contribution in [0.1, 0.15) is 10.8 Å². The van der Waals surface area contributed by atoms with Crippen molar-refractivity contribution < 1.29 is 0 Å². The predicted molar refractivity (Wildman–Crippen MR) is 83.2 cm³/mol. The van der Waals surface area contributed by atoms with Gasteiger partial charge in [-0.25, -0.2) is 0 Å². The standard InChI is InChI=1S/C14H13BrClNS/c15-11-6-2-1-5-10(11)14(9-17)18-13-8-4-3-7-12(13)16/h1-8,14H,9,17H2. The van der Waals surface area contributed by atoms with Gasteiger partial charge in [-0.2, -0.15) is 0 Å². The summed E-state index contributed by atoms with van der Waals surface area (Å²) >= 11 is 11.4. The second kappa shape index (κ2) is 6.62. The van der Waals surface area contributed by atoms with Crippen LogP contribution in [0.3, 0.4) is 0 Å². The zero-order valence-corrected chi connectivity index (χ0v) is 12.8. The molecular weight excluding hydrogens is 330 g/mol. The predicted octanol–water partition coefficient (Wildman–Crippen LogP) is 4.89. The Labute approximate surface area is 125 Å². The van der Waals surface area contributed by atoms with E-state index in [0.717, 1.165) is 14.4 Å². The van der Waals surface area contributed by atoms with Gasteiger partial charge in [0.2, 0.25) is 0 Å². The smallest absolute Gasteiger partial charge is 0.0542 e. The Hall–Kier alpha value is -0.480. The fraction of sp³-hybridized carbons (Fsp3) is 0.143. The number of hydrogen-bond acceptors (Lipinski definition) is 2. The molecule has 0 bridgehead atoms. The summed E-state index contributed by atoms with van der Waals surface area (Å²) in [5.41, 5.74) is 7.09. The summed E-state index contributed by atoms with van der Waals surface area (Å²) in [6, 6.07) is 16.0. The molecule has 0 saturated heterocycles. The Bertz CT molecular complexity index is 533. The maximum atomic E-state index is 6.18. The molecule has 2 rings (SSSR count). The molecule has 1 unspecified atom stereocenters. The van der Waals surface area contributed by atoms with Crippen molar-refractivity contribution in [2.24, 2.45) is 5.73 Å². The van der Waals surface area contributed by atoms with E-state index in [9.17, 15) is 0 Å². The van der Waals surface area contributed by atoms with Crippen LogP contribution in [0, 0.1) is 0 Å². The monoisotopic (exact) mass is 341 g/mol. The largest absolute Gasteiger partial charge is 0.329 e. The Kier molecular flexibility index (Phi) is 5.13. The summed E-state index contributed by atoms with van der Waals surface area (Å²) < 4.78 is 1.08. The van der Waals surface area contributed by atoms with Crippen molar-refractivity contribution in [3.8, 4) is 0 Å². The minimum absolute atomic E-state index is 0.195. The highest BCUT2D eigenvalue weighted by Crippen LogP contribution is 2.40. The van der Waals surface area contributed by atoms with Crippen molar-refractivity contribution in [3.05, 3.63) is 63.6 Å². The average molecular weight is 343 g/mol. The molecule has 2 N–H and O–H groups in total. The van der Waals surface area contributed by atoms with Crippen molar-refractivity contribution in [1.82, 2.24) is 0 Å². The number of rotatable bonds is 4. The van der Waals surface area contributed by atoms with Crippen LogP contribution >= 0.6 is 39.3 Å². The van der Waals surface area contributed by atoms with Gasteiger partial charge in [0.25, 0.3) is 0 Å². The van der Waals surface area contributed by atoms with Crippen LogP contribution in [-0.2, 0) is 0 Å². The van der Waals surface area contributed by atoms with E-state index in [4.69, 9.17) is 17.3 Å². The van der Waals surface area contributed by atoms with Crippen LogP contribution in [0.2, 0.25) is 5.02 Å². The van der Waals surface area contributed by atoms with Gasteiger partial charge in [0.15, 0.2) is 0 Å². The van der Waals surface area contributed by atoms with E-state index in [1.807, 2.05) is 42.5 Å². The topological polar surface area (TPSA) is 26.0 Å². The molecule has 0 aromatic heterocycles. The van der Waals surface area contributed by atoms with Gasteiger partial charge in [-0.1, -0.05) is 57.9 Å². The maximum absolute atomic E-state index is 6.18. The highest BCUT2D eigenvalue weighted by molar-refractivity contribution is 9.10. The van der Waals surface area contributed by atoms with Crippen LogP contribution in [-0.4, -0.2) is 6.54 Å². The highest BCUT2D eigenvalue weighted by Gasteiger charge is 2.15. The van der Waals surface area contributed by atoms with E-state index in [2.05, 4.69) is 22.0 Å². The lowest BCUT2D eigenvalue weighted by molar-refractivity contribution is 0.936. The number of benzene rings is 2. The molecule has 2 aromatic carbocycles. The zero-order chi connectivity index (χ0) is 13.0. The molecule has 0 aliphatic carbocycles. The third-order valence-corrected chi connectivity index (χ3v) is 5.08. The van der Waals surface area contributed by atoms with Crippen LogP contribution in [0.5, 0.6) is 0 Å². The summed E-state index contributed by atoms with van der Waals surface area (Å²) in [7, 11) is 0. The van der Waals surface area contributed by atoms with Crippen LogP contribution in [0.25, 0.3) is 0 Å². The highest BCUT2D eigenvalue weighted by atomic mass is 79.9. The van der Waals surface area contributed by atoms with Gasteiger partial charge in [-0.3, -0.25) is 0 Å². The second-order valence-electron chi connectivity index (χ2n) is 3.79. The molecule has 0 aliphatic heterocycles. The fourth-order valence-corrected chi connectivity index (χ4v) is 3.72. The van der Waals surface area contributed by atoms with Gasteiger partial charge in [0, 0.05) is 21.2 Å². The quantitative estimate of drug-likeness (QED) is 0.800. The summed E-state index contributed by atoms with van der Waals surface area (Å²) in [5, 5.41) is 0.966. The average Bonchev–Trinajstić information content (AvgIpc) is 2.39. The van der Waals surface area contributed by atoms with E-state index in [-0.39, 0.29) is 5.25 Å². The zero-order valence-electron chi connectivity index (χ0n) is 9.64. The normalized spacial score (nSPS) is 12.4. The van der Waals surface area contributed by atoms with Crippen LogP contribution in [0.4, 0.5) is 0 Å². The molecule has 1 nitrogen and oxygen atoms in total. The van der Waals surface area contributed by atoms with Crippen molar-refractivity contribution in [2.75, 3.05) is 6.54 Å². The first-order valence-electron chi connectivity index (χ1n) is 5.58.